The van der Waals surface area contributed by atoms with Crippen molar-refractivity contribution in [2.24, 2.45) is 0 Å². The smallest absolute Gasteiger partial charge is 0.264 e. The Bertz CT molecular complexity index is 1770. The zero-order valence-electron chi connectivity index (χ0n) is 27.6. The SMILES string of the molecule is CCOc1ccccc1N(CC(=O)N(Cc1cccc(Br)c1)[C@H](Cc1ccccc1)C(=O)N[C@@H](C)CC)S(=O)(=O)c1ccc(SC)cc1. The Morgan fingerprint density at radius 1 is 0.896 bits per heavy atom. The number of para-hydroxylation sites is 2. The first-order chi connectivity index (χ1) is 23.1. The zero-order chi connectivity index (χ0) is 34.7. The number of benzene rings is 4. The van der Waals surface area contributed by atoms with Crippen LogP contribution < -0.4 is 14.4 Å². The fraction of sp³-hybridized carbons (Fsp3) is 0.297. The molecule has 0 heterocycles. The van der Waals surface area contributed by atoms with Crippen LogP contribution in [0.15, 0.2) is 117 Å². The second-order valence-electron chi connectivity index (χ2n) is 11.3. The number of carbonyl (C=O) groups is 2. The third-order valence-electron chi connectivity index (χ3n) is 7.87. The molecule has 0 spiro atoms. The van der Waals surface area contributed by atoms with Gasteiger partial charge >= 0.3 is 0 Å². The van der Waals surface area contributed by atoms with E-state index in [1.165, 1.54) is 16.7 Å². The molecule has 2 amide bonds. The molecule has 4 rings (SSSR count). The zero-order valence-corrected chi connectivity index (χ0v) is 30.9. The third kappa shape index (κ3) is 9.64. The van der Waals surface area contributed by atoms with Gasteiger partial charge in [0.05, 0.1) is 17.2 Å². The Morgan fingerprint density at radius 2 is 1.56 bits per heavy atom. The van der Waals surface area contributed by atoms with Crippen molar-refractivity contribution in [1.29, 1.82) is 0 Å². The summed E-state index contributed by atoms with van der Waals surface area (Å²) in [5.41, 5.74) is 1.88. The summed E-state index contributed by atoms with van der Waals surface area (Å²) >= 11 is 5.02. The van der Waals surface area contributed by atoms with Gasteiger partial charge in [0.15, 0.2) is 0 Å². The molecule has 48 heavy (non-hydrogen) atoms. The fourth-order valence-corrected chi connectivity index (χ4v) is 7.44. The van der Waals surface area contributed by atoms with Crippen molar-refractivity contribution >= 4 is 55.2 Å². The monoisotopic (exact) mass is 751 g/mol. The molecule has 0 aliphatic heterocycles. The topological polar surface area (TPSA) is 96.0 Å². The van der Waals surface area contributed by atoms with Crippen LogP contribution in [0.1, 0.15) is 38.3 Å². The molecule has 4 aromatic rings. The first kappa shape index (κ1) is 37.0. The molecule has 0 aromatic heterocycles. The van der Waals surface area contributed by atoms with Gasteiger partial charge < -0.3 is 15.0 Å². The quantitative estimate of drug-likeness (QED) is 0.121. The lowest BCUT2D eigenvalue weighted by molar-refractivity contribution is -0.140. The van der Waals surface area contributed by atoms with E-state index in [1.807, 2.05) is 81.6 Å². The molecular weight excluding hydrogens is 710 g/mol. The van der Waals surface area contributed by atoms with Crippen molar-refractivity contribution in [2.75, 3.05) is 23.7 Å². The van der Waals surface area contributed by atoms with E-state index in [-0.39, 0.29) is 35.5 Å². The predicted octanol–water partition coefficient (Wildman–Crippen LogP) is 7.32. The van der Waals surface area contributed by atoms with E-state index in [2.05, 4.69) is 21.2 Å². The molecule has 0 radical (unpaired) electrons. The second-order valence-corrected chi connectivity index (χ2v) is 14.9. The van der Waals surface area contributed by atoms with Crippen LogP contribution in [-0.4, -0.2) is 56.6 Å². The van der Waals surface area contributed by atoms with Gasteiger partial charge in [-0.25, -0.2) is 8.42 Å². The van der Waals surface area contributed by atoms with Crippen LogP contribution in [0.4, 0.5) is 5.69 Å². The number of carbonyl (C=O) groups excluding carboxylic acids is 2. The number of ether oxygens (including phenoxy) is 1. The van der Waals surface area contributed by atoms with Crippen LogP contribution in [-0.2, 0) is 32.6 Å². The Balaban J connectivity index is 1.85. The number of anilines is 1. The summed E-state index contributed by atoms with van der Waals surface area (Å²) in [6.07, 6.45) is 2.86. The minimum absolute atomic E-state index is 0.0355. The summed E-state index contributed by atoms with van der Waals surface area (Å²) in [4.78, 5) is 31.2. The summed E-state index contributed by atoms with van der Waals surface area (Å²) < 4.78 is 36.6. The number of amides is 2. The van der Waals surface area contributed by atoms with E-state index in [1.54, 1.807) is 48.5 Å². The molecule has 1 N–H and O–H groups in total. The highest BCUT2D eigenvalue weighted by atomic mass is 79.9. The van der Waals surface area contributed by atoms with Gasteiger partial charge in [0, 0.05) is 28.4 Å². The Hall–Kier alpha value is -3.80. The van der Waals surface area contributed by atoms with E-state index in [0.717, 1.165) is 24.8 Å². The van der Waals surface area contributed by atoms with Gasteiger partial charge in [-0.2, -0.15) is 0 Å². The van der Waals surface area contributed by atoms with Crippen molar-refractivity contribution < 1.29 is 22.7 Å². The maximum atomic E-state index is 14.7. The van der Waals surface area contributed by atoms with E-state index >= 15 is 0 Å². The Kier molecular flexibility index (Phi) is 13.5. The Labute approximate surface area is 297 Å². The molecule has 0 bridgehead atoms. The third-order valence-corrected chi connectivity index (χ3v) is 10.9. The fourth-order valence-electron chi connectivity index (χ4n) is 5.16. The molecule has 0 saturated carbocycles. The number of nitrogens with zero attached hydrogens (tertiary/aromatic N) is 2. The highest BCUT2D eigenvalue weighted by Crippen LogP contribution is 2.33. The van der Waals surface area contributed by atoms with Crippen molar-refractivity contribution in [3.8, 4) is 5.75 Å². The Morgan fingerprint density at radius 3 is 2.21 bits per heavy atom. The maximum absolute atomic E-state index is 14.7. The molecule has 0 saturated heterocycles. The molecule has 2 atom stereocenters. The summed E-state index contributed by atoms with van der Waals surface area (Å²) in [5.74, 6) is -0.523. The van der Waals surface area contributed by atoms with Gasteiger partial charge in [-0.3, -0.25) is 13.9 Å². The summed E-state index contributed by atoms with van der Waals surface area (Å²) in [7, 11) is -4.27. The maximum Gasteiger partial charge on any atom is 0.264 e. The number of thioether (sulfide) groups is 1. The second kappa shape index (κ2) is 17.6. The van der Waals surface area contributed by atoms with Gasteiger partial charge in [0.1, 0.15) is 18.3 Å². The number of halogens is 1. The van der Waals surface area contributed by atoms with Crippen LogP contribution >= 0.6 is 27.7 Å². The molecule has 0 fully saturated rings. The summed E-state index contributed by atoms with van der Waals surface area (Å²) in [6.45, 7) is 5.52. The average Bonchev–Trinajstić information content (AvgIpc) is 3.09. The number of rotatable bonds is 16. The van der Waals surface area contributed by atoms with Crippen molar-refractivity contribution in [1.82, 2.24) is 10.2 Å². The van der Waals surface area contributed by atoms with Gasteiger partial charge in [-0.1, -0.05) is 77.5 Å². The summed E-state index contributed by atoms with van der Waals surface area (Å²) in [6, 6.07) is 29.3. The van der Waals surface area contributed by atoms with Crippen molar-refractivity contribution in [3.05, 3.63) is 119 Å². The summed E-state index contributed by atoms with van der Waals surface area (Å²) in [5, 5.41) is 3.06. The van der Waals surface area contributed by atoms with Crippen LogP contribution in [0.25, 0.3) is 0 Å². The molecule has 11 heteroatoms. The average molecular weight is 753 g/mol. The molecule has 8 nitrogen and oxygen atoms in total. The van der Waals surface area contributed by atoms with Crippen molar-refractivity contribution in [3.63, 3.8) is 0 Å². The number of hydrogen-bond donors (Lipinski definition) is 1. The van der Waals surface area contributed by atoms with Crippen LogP contribution in [0.2, 0.25) is 0 Å². The molecular formula is C37H42BrN3O5S2. The molecule has 4 aromatic carbocycles. The van der Waals surface area contributed by atoms with Crippen LogP contribution in [0, 0.1) is 0 Å². The van der Waals surface area contributed by atoms with Crippen LogP contribution in [0.5, 0.6) is 5.75 Å². The van der Waals surface area contributed by atoms with Gasteiger partial charge in [0.2, 0.25) is 11.8 Å². The lowest BCUT2D eigenvalue weighted by Gasteiger charge is -2.34. The largest absolute Gasteiger partial charge is 0.492 e. The van der Waals surface area contributed by atoms with E-state index < -0.39 is 28.5 Å². The van der Waals surface area contributed by atoms with E-state index in [4.69, 9.17) is 4.74 Å². The van der Waals surface area contributed by atoms with Crippen molar-refractivity contribution in [2.45, 2.75) is 62.0 Å². The van der Waals surface area contributed by atoms with Gasteiger partial charge in [-0.05, 0) is 86.2 Å². The molecule has 0 unspecified atom stereocenters. The standard InChI is InChI=1S/C37H42BrN3O5S2/c1-5-27(3)39-37(43)34(24-28-13-8-7-9-14-28)40(25-29-15-12-16-30(38)23-29)36(42)26-41(33-17-10-11-18-35(33)46-6-2)48(44,45)32-21-19-31(47-4)20-22-32/h7-23,27,34H,5-6,24-26H2,1-4H3,(H,39,43)/t27-,34+/m0/s1. The minimum Gasteiger partial charge on any atom is -0.492 e. The highest BCUT2D eigenvalue weighted by Gasteiger charge is 2.36. The van der Waals surface area contributed by atoms with Crippen LogP contribution in [0.3, 0.4) is 0 Å². The lowest BCUT2D eigenvalue weighted by atomic mass is 10.0. The van der Waals surface area contributed by atoms with Gasteiger partial charge in [0.25, 0.3) is 10.0 Å². The first-order valence-electron chi connectivity index (χ1n) is 15.8. The number of sulfonamides is 1. The normalized spacial score (nSPS) is 12.5. The lowest BCUT2D eigenvalue weighted by Crippen LogP contribution is -2.54. The molecule has 0 aliphatic rings. The molecule has 0 aliphatic carbocycles. The van der Waals surface area contributed by atoms with E-state index in [0.29, 0.717) is 18.8 Å². The molecule has 254 valence electrons. The minimum atomic E-state index is -4.27. The van der Waals surface area contributed by atoms with E-state index in [9.17, 15) is 18.0 Å². The number of hydrogen-bond acceptors (Lipinski definition) is 6. The van der Waals surface area contributed by atoms with Gasteiger partial charge in [-0.15, -0.1) is 11.8 Å². The first-order valence-corrected chi connectivity index (χ1v) is 19.3. The number of nitrogens with one attached hydrogen (secondary N) is 1. The highest BCUT2D eigenvalue weighted by molar-refractivity contribution is 9.10. The predicted molar refractivity (Wildman–Crippen MR) is 197 cm³/mol.